The van der Waals surface area contributed by atoms with Gasteiger partial charge >= 0.3 is 0 Å². The predicted octanol–water partition coefficient (Wildman–Crippen LogP) is 4.45. The van der Waals surface area contributed by atoms with Gasteiger partial charge in [0.05, 0.1) is 0 Å². The van der Waals surface area contributed by atoms with Crippen molar-refractivity contribution >= 4 is 0 Å². The van der Waals surface area contributed by atoms with Crippen molar-refractivity contribution in [3.63, 3.8) is 0 Å². The summed E-state index contributed by atoms with van der Waals surface area (Å²) >= 11 is 0. The first-order valence-corrected chi connectivity index (χ1v) is 5.98. The van der Waals surface area contributed by atoms with Crippen molar-refractivity contribution in [3.05, 3.63) is 48.0 Å². The van der Waals surface area contributed by atoms with Gasteiger partial charge in [-0.1, -0.05) is 35.9 Å². The van der Waals surface area contributed by atoms with E-state index >= 15 is 0 Å². The molecule has 0 saturated heterocycles. The van der Waals surface area contributed by atoms with E-state index in [-0.39, 0.29) is 0 Å². The molecule has 1 saturated carbocycles. The van der Waals surface area contributed by atoms with Crippen LogP contribution >= 0.6 is 0 Å². The van der Waals surface area contributed by atoms with Gasteiger partial charge < -0.3 is 0 Å². The molecule has 0 spiro atoms. The Morgan fingerprint density at radius 2 is 1.67 bits per heavy atom. The molecule has 1 aromatic carbocycles. The third-order valence-corrected chi connectivity index (χ3v) is 3.65. The molecule has 2 rings (SSSR count). The first-order chi connectivity index (χ1) is 7.29. The Kier molecular flexibility index (Phi) is 3.25. The van der Waals surface area contributed by atoms with Gasteiger partial charge in [-0.05, 0) is 50.0 Å². The number of benzene rings is 1. The summed E-state index contributed by atoms with van der Waals surface area (Å²) in [7, 11) is 0. The monoisotopic (exact) mass is 200 g/mol. The number of hydrogen-bond donors (Lipinski definition) is 0. The molecule has 15 heavy (non-hydrogen) atoms. The Hall–Kier alpha value is -1.04. The average molecular weight is 200 g/mol. The van der Waals surface area contributed by atoms with Crippen molar-refractivity contribution in [1.82, 2.24) is 0 Å². The summed E-state index contributed by atoms with van der Waals surface area (Å²) in [5.74, 6) is 1.56. The molecule has 0 bridgehead atoms. The normalized spacial score (nSPS) is 26.2. The minimum Gasteiger partial charge on any atom is -0.103 e. The Labute approximate surface area is 93.0 Å². The molecular weight excluding hydrogens is 180 g/mol. The van der Waals surface area contributed by atoms with Crippen LogP contribution in [0.3, 0.4) is 0 Å². The molecule has 0 heterocycles. The zero-order valence-electron chi connectivity index (χ0n) is 9.58. The molecular formula is C15H20. The lowest BCUT2D eigenvalue weighted by Gasteiger charge is -2.26. The van der Waals surface area contributed by atoms with E-state index in [9.17, 15) is 0 Å². The maximum atomic E-state index is 3.89. The maximum absolute atomic E-state index is 3.89. The van der Waals surface area contributed by atoms with Crippen LogP contribution in [0, 0.1) is 12.8 Å². The third kappa shape index (κ3) is 2.50. The summed E-state index contributed by atoms with van der Waals surface area (Å²) in [4.78, 5) is 0. The molecule has 0 aromatic heterocycles. The summed E-state index contributed by atoms with van der Waals surface area (Å²) < 4.78 is 0. The largest absolute Gasteiger partial charge is 0.103 e. The molecule has 1 aliphatic carbocycles. The molecule has 0 N–H and O–H groups in total. The highest BCUT2D eigenvalue weighted by Crippen LogP contribution is 2.35. The van der Waals surface area contributed by atoms with E-state index in [1.807, 2.05) is 0 Å². The standard InChI is InChI=1S/C15H20/c1-3-13-6-10-15(11-7-13)14-8-4-12(2)5-9-14/h3-5,8-9,13,15H,1,6-7,10-11H2,2H3. The molecule has 0 amide bonds. The van der Waals surface area contributed by atoms with Crippen LogP contribution in [0.5, 0.6) is 0 Å². The highest BCUT2D eigenvalue weighted by Gasteiger charge is 2.20. The molecule has 0 nitrogen and oxygen atoms in total. The molecule has 0 unspecified atom stereocenters. The van der Waals surface area contributed by atoms with E-state index in [1.54, 1.807) is 0 Å². The SMILES string of the molecule is C=CC1CCC(c2ccc(C)cc2)CC1. The summed E-state index contributed by atoms with van der Waals surface area (Å²) in [5, 5.41) is 0. The van der Waals surface area contributed by atoms with Crippen LogP contribution in [0.15, 0.2) is 36.9 Å². The van der Waals surface area contributed by atoms with E-state index in [0.717, 1.165) is 11.8 Å². The maximum Gasteiger partial charge on any atom is -0.0162 e. The van der Waals surface area contributed by atoms with Gasteiger partial charge in [0.15, 0.2) is 0 Å². The lowest BCUT2D eigenvalue weighted by Crippen LogP contribution is -2.11. The van der Waals surface area contributed by atoms with Gasteiger partial charge in [-0.3, -0.25) is 0 Å². The predicted molar refractivity (Wildman–Crippen MR) is 66.1 cm³/mol. The second-order valence-electron chi connectivity index (χ2n) is 4.76. The van der Waals surface area contributed by atoms with Crippen molar-refractivity contribution in [3.8, 4) is 0 Å². The fourth-order valence-corrected chi connectivity index (χ4v) is 2.53. The average Bonchev–Trinajstić information content (AvgIpc) is 2.30. The Bertz CT molecular complexity index is 312. The van der Waals surface area contributed by atoms with Gasteiger partial charge in [0, 0.05) is 0 Å². The molecule has 1 aromatic rings. The summed E-state index contributed by atoms with van der Waals surface area (Å²) in [5.41, 5.74) is 2.89. The quantitative estimate of drug-likeness (QED) is 0.618. The van der Waals surface area contributed by atoms with E-state index in [0.29, 0.717) is 0 Å². The number of hydrogen-bond acceptors (Lipinski definition) is 0. The minimum atomic E-state index is 0.770. The van der Waals surface area contributed by atoms with Gasteiger partial charge in [0.1, 0.15) is 0 Å². The zero-order valence-corrected chi connectivity index (χ0v) is 9.58. The number of aryl methyl sites for hydroxylation is 1. The van der Waals surface area contributed by atoms with E-state index in [1.165, 1.54) is 36.8 Å². The summed E-state index contributed by atoms with van der Waals surface area (Å²) in [6, 6.07) is 9.06. The molecule has 0 heteroatoms. The second kappa shape index (κ2) is 4.65. The van der Waals surface area contributed by atoms with Gasteiger partial charge in [0.25, 0.3) is 0 Å². The zero-order chi connectivity index (χ0) is 10.7. The van der Waals surface area contributed by atoms with Crippen LogP contribution in [0.2, 0.25) is 0 Å². The molecule has 0 radical (unpaired) electrons. The van der Waals surface area contributed by atoms with Gasteiger partial charge in [-0.2, -0.15) is 0 Å². The molecule has 80 valence electrons. The van der Waals surface area contributed by atoms with Gasteiger partial charge in [-0.25, -0.2) is 0 Å². The molecule has 1 fully saturated rings. The topological polar surface area (TPSA) is 0 Å². The Balaban J connectivity index is 2.01. The minimum absolute atomic E-state index is 0.770. The van der Waals surface area contributed by atoms with Crippen LogP contribution in [0.25, 0.3) is 0 Å². The van der Waals surface area contributed by atoms with Crippen molar-refractivity contribution in [2.24, 2.45) is 5.92 Å². The lowest BCUT2D eigenvalue weighted by molar-refractivity contribution is 0.376. The van der Waals surface area contributed by atoms with Crippen LogP contribution in [0.4, 0.5) is 0 Å². The van der Waals surface area contributed by atoms with Crippen LogP contribution in [-0.4, -0.2) is 0 Å². The Morgan fingerprint density at radius 1 is 1.07 bits per heavy atom. The molecule has 1 aliphatic rings. The van der Waals surface area contributed by atoms with Crippen molar-refractivity contribution in [1.29, 1.82) is 0 Å². The van der Waals surface area contributed by atoms with Crippen LogP contribution in [0.1, 0.15) is 42.7 Å². The fraction of sp³-hybridized carbons (Fsp3) is 0.467. The van der Waals surface area contributed by atoms with Crippen molar-refractivity contribution in [2.75, 3.05) is 0 Å². The van der Waals surface area contributed by atoms with E-state index in [2.05, 4.69) is 43.8 Å². The smallest absolute Gasteiger partial charge is 0.0162 e. The van der Waals surface area contributed by atoms with Crippen LogP contribution < -0.4 is 0 Å². The van der Waals surface area contributed by atoms with E-state index in [4.69, 9.17) is 0 Å². The highest BCUT2D eigenvalue weighted by atomic mass is 14.2. The number of allylic oxidation sites excluding steroid dienone is 1. The molecule has 0 aliphatic heterocycles. The summed E-state index contributed by atoms with van der Waals surface area (Å²) in [6.07, 6.45) is 7.44. The number of rotatable bonds is 2. The van der Waals surface area contributed by atoms with Crippen LogP contribution in [-0.2, 0) is 0 Å². The van der Waals surface area contributed by atoms with Gasteiger partial charge in [0.2, 0.25) is 0 Å². The first kappa shape index (κ1) is 10.5. The first-order valence-electron chi connectivity index (χ1n) is 5.98. The van der Waals surface area contributed by atoms with Crippen molar-refractivity contribution in [2.45, 2.75) is 38.5 Å². The summed E-state index contributed by atoms with van der Waals surface area (Å²) in [6.45, 7) is 6.04. The Morgan fingerprint density at radius 3 is 2.20 bits per heavy atom. The van der Waals surface area contributed by atoms with Crippen molar-refractivity contribution < 1.29 is 0 Å². The third-order valence-electron chi connectivity index (χ3n) is 3.65. The molecule has 0 atom stereocenters. The lowest BCUT2D eigenvalue weighted by atomic mass is 9.79. The fourth-order valence-electron chi connectivity index (χ4n) is 2.53. The second-order valence-corrected chi connectivity index (χ2v) is 4.76. The van der Waals surface area contributed by atoms with Gasteiger partial charge in [-0.15, -0.1) is 6.58 Å². The van der Waals surface area contributed by atoms with E-state index < -0.39 is 0 Å². The highest BCUT2D eigenvalue weighted by molar-refractivity contribution is 5.24.